The van der Waals surface area contributed by atoms with Crippen LogP contribution in [0.3, 0.4) is 0 Å². The Hall–Kier alpha value is -1.62. The molecule has 1 N–H and O–H groups in total. The molecule has 0 saturated carbocycles. The Morgan fingerprint density at radius 3 is 2.95 bits per heavy atom. The van der Waals surface area contributed by atoms with E-state index in [1.807, 2.05) is 0 Å². The van der Waals surface area contributed by atoms with Crippen LogP contribution in [0.15, 0.2) is 23.0 Å². The summed E-state index contributed by atoms with van der Waals surface area (Å²) >= 11 is 0. The summed E-state index contributed by atoms with van der Waals surface area (Å²) in [5, 5.41) is 0. The Bertz CT molecular complexity index is 673. The van der Waals surface area contributed by atoms with Gasteiger partial charge in [0.25, 0.3) is 0 Å². The van der Waals surface area contributed by atoms with Gasteiger partial charge in [-0.1, -0.05) is 0 Å². The van der Waals surface area contributed by atoms with Crippen LogP contribution in [0.1, 0.15) is 32.7 Å². The third-order valence-corrected chi connectivity index (χ3v) is 4.20. The van der Waals surface area contributed by atoms with Crippen molar-refractivity contribution in [2.75, 3.05) is 13.1 Å². The van der Waals surface area contributed by atoms with E-state index in [2.05, 4.69) is 23.7 Å². The van der Waals surface area contributed by atoms with Crippen molar-refractivity contribution in [3.63, 3.8) is 0 Å². The van der Waals surface area contributed by atoms with Gasteiger partial charge in [-0.15, -0.1) is 0 Å². The normalized spacial score (nSPS) is 20.9. The van der Waals surface area contributed by atoms with Gasteiger partial charge in [-0.3, -0.25) is 9.47 Å². The summed E-state index contributed by atoms with van der Waals surface area (Å²) in [4.78, 5) is 17.4. The number of fused-ring (bicyclic) bond motifs is 1. The number of imidazole rings is 1. The van der Waals surface area contributed by atoms with Crippen molar-refractivity contribution in [3.05, 3.63) is 34.5 Å². The van der Waals surface area contributed by atoms with Gasteiger partial charge in [-0.25, -0.2) is 9.18 Å². The minimum atomic E-state index is -0.304. The largest absolute Gasteiger partial charge is 0.326 e. The molecule has 0 aliphatic carbocycles. The number of hydrogen-bond acceptors (Lipinski definition) is 2. The molecule has 1 unspecified atom stereocenters. The van der Waals surface area contributed by atoms with Crippen LogP contribution in [-0.4, -0.2) is 33.6 Å². The molecule has 1 aromatic heterocycles. The van der Waals surface area contributed by atoms with Crippen molar-refractivity contribution in [3.8, 4) is 0 Å². The van der Waals surface area contributed by atoms with Gasteiger partial charge in [0.15, 0.2) is 0 Å². The Kier molecular flexibility index (Phi) is 3.38. The lowest BCUT2D eigenvalue weighted by Gasteiger charge is -2.35. The Morgan fingerprint density at radius 2 is 2.20 bits per heavy atom. The molecule has 1 atom stereocenters. The van der Waals surface area contributed by atoms with Crippen molar-refractivity contribution in [2.24, 2.45) is 0 Å². The first-order valence-electron chi connectivity index (χ1n) is 7.20. The smallest absolute Gasteiger partial charge is 0.306 e. The van der Waals surface area contributed by atoms with E-state index in [0.29, 0.717) is 17.1 Å². The van der Waals surface area contributed by atoms with Crippen LogP contribution in [0.5, 0.6) is 0 Å². The van der Waals surface area contributed by atoms with E-state index < -0.39 is 0 Å². The van der Waals surface area contributed by atoms with Gasteiger partial charge in [0.05, 0.1) is 17.1 Å². The summed E-state index contributed by atoms with van der Waals surface area (Å²) in [6, 6.07) is 5.04. The number of hydrogen-bond donors (Lipinski definition) is 1. The molecule has 2 heterocycles. The molecule has 0 spiro atoms. The predicted octanol–water partition coefficient (Wildman–Crippen LogP) is 2.51. The zero-order valence-electron chi connectivity index (χ0n) is 11.9. The zero-order chi connectivity index (χ0) is 14.3. The summed E-state index contributed by atoms with van der Waals surface area (Å²) < 4.78 is 15.2. The monoisotopic (exact) mass is 277 g/mol. The van der Waals surface area contributed by atoms with Gasteiger partial charge in [0, 0.05) is 12.6 Å². The Balaban J connectivity index is 2.03. The molecule has 1 saturated heterocycles. The quantitative estimate of drug-likeness (QED) is 0.916. The second-order valence-electron chi connectivity index (χ2n) is 5.85. The zero-order valence-corrected chi connectivity index (χ0v) is 11.9. The Morgan fingerprint density at radius 1 is 1.40 bits per heavy atom. The molecule has 108 valence electrons. The SMILES string of the molecule is CC(C)N1CCCC(n2c(=O)[nH]c3ccc(F)cc32)C1. The molecular weight excluding hydrogens is 257 g/mol. The van der Waals surface area contributed by atoms with Gasteiger partial charge < -0.3 is 4.98 Å². The number of piperidine rings is 1. The molecule has 0 bridgehead atoms. The number of nitrogens with zero attached hydrogens (tertiary/aromatic N) is 2. The number of H-pyrrole nitrogens is 1. The molecule has 20 heavy (non-hydrogen) atoms. The van der Waals surface area contributed by atoms with Crippen LogP contribution in [0, 0.1) is 5.82 Å². The fraction of sp³-hybridized carbons (Fsp3) is 0.533. The first-order valence-corrected chi connectivity index (χ1v) is 7.20. The van der Waals surface area contributed by atoms with Gasteiger partial charge in [-0.05, 0) is 51.4 Å². The van der Waals surface area contributed by atoms with E-state index in [1.54, 1.807) is 10.6 Å². The predicted molar refractivity (Wildman–Crippen MR) is 77.5 cm³/mol. The topological polar surface area (TPSA) is 41.0 Å². The maximum Gasteiger partial charge on any atom is 0.326 e. The third-order valence-electron chi connectivity index (χ3n) is 4.20. The number of likely N-dealkylation sites (tertiary alicyclic amines) is 1. The first-order chi connectivity index (χ1) is 9.56. The highest BCUT2D eigenvalue weighted by molar-refractivity contribution is 5.75. The molecule has 1 aromatic carbocycles. The molecule has 2 aromatic rings. The van der Waals surface area contributed by atoms with Crippen molar-refractivity contribution in [1.82, 2.24) is 14.5 Å². The maximum atomic E-state index is 13.5. The number of aromatic amines is 1. The Labute approximate surface area is 117 Å². The highest BCUT2D eigenvalue weighted by Crippen LogP contribution is 2.25. The molecule has 1 fully saturated rings. The first kappa shape index (κ1) is 13.4. The summed E-state index contributed by atoms with van der Waals surface area (Å²) in [6.07, 6.45) is 2.03. The van der Waals surface area contributed by atoms with Crippen LogP contribution in [0.4, 0.5) is 4.39 Å². The molecule has 3 rings (SSSR count). The average Bonchev–Trinajstić information content (AvgIpc) is 2.74. The van der Waals surface area contributed by atoms with E-state index in [1.165, 1.54) is 12.1 Å². The lowest BCUT2D eigenvalue weighted by atomic mass is 10.0. The summed E-state index contributed by atoms with van der Waals surface area (Å²) in [5.74, 6) is -0.304. The molecule has 1 aliphatic heterocycles. The standard InChI is InChI=1S/C15H20FN3O/c1-10(2)18-7-3-4-12(9-18)19-14-8-11(16)5-6-13(14)17-15(19)20/h5-6,8,10,12H,3-4,7,9H2,1-2H3,(H,17,20). The van der Waals surface area contributed by atoms with Crippen LogP contribution < -0.4 is 5.69 Å². The van der Waals surface area contributed by atoms with E-state index in [0.717, 1.165) is 25.9 Å². The van der Waals surface area contributed by atoms with Crippen molar-refractivity contribution in [1.29, 1.82) is 0 Å². The van der Waals surface area contributed by atoms with Crippen LogP contribution in [0.2, 0.25) is 0 Å². The number of benzene rings is 1. The summed E-state index contributed by atoms with van der Waals surface area (Å²) in [7, 11) is 0. The third kappa shape index (κ3) is 2.26. The van der Waals surface area contributed by atoms with E-state index in [4.69, 9.17) is 0 Å². The number of nitrogens with one attached hydrogen (secondary N) is 1. The van der Waals surface area contributed by atoms with E-state index in [9.17, 15) is 9.18 Å². The fourth-order valence-electron chi connectivity index (χ4n) is 3.12. The fourth-order valence-corrected chi connectivity index (χ4v) is 3.12. The molecule has 4 nitrogen and oxygen atoms in total. The average molecular weight is 277 g/mol. The maximum absolute atomic E-state index is 13.5. The van der Waals surface area contributed by atoms with Crippen molar-refractivity contribution >= 4 is 11.0 Å². The second-order valence-corrected chi connectivity index (χ2v) is 5.85. The van der Waals surface area contributed by atoms with Crippen LogP contribution in [-0.2, 0) is 0 Å². The molecule has 0 amide bonds. The minimum absolute atomic E-state index is 0.120. The highest BCUT2D eigenvalue weighted by Gasteiger charge is 2.25. The lowest BCUT2D eigenvalue weighted by molar-refractivity contribution is 0.143. The molecule has 5 heteroatoms. The second kappa shape index (κ2) is 5.05. The molecule has 1 aliphatic rings. The van der Waals surface area contributed by atoms with Crippen LogP contribution >= 0.6 is 0 Å². The molecule has 0 radical (unpaired) electrons. The van der Waals surface area contributed by atoms with E-state index in [-0.39, 0.29) is 17.5 Å². The van der Waals surface area contributed by atoms with Gasteiger partial charge >= 0.3 is 5.69 Å². The van der Waals surface area contributed by atoms with Crippen molar-refractivity contribution in [2.45, 2.75) is 38.8 Å². The minimum Gasteiger partial charge on any atom is -0.306 e. The van der Waals surface area contributed by atoms with Gasteiger partial charge in [0.1, 0.15) is 5.82 Å². The highest BCUT2D eigenvalue weighted by atomic mass is 19.1. The van der Waals surface area contributed by atoms with Gasteiger partial charge in [0.2, 0.25) is 0 Å². The number of halogens is 1. The van der Waals surface area contributed by atoms with E-state index >= 15 is 0 Å². The van der Waals surface area contributed by atoms with Crippen LogP contribution in [0.25, 0.3) is 11.0 Å². The summed E-state index contributed by atoms with van der Waals surface area (Å²) in [6.45, 7) is 6.25. The number of rotatable bonds is 2. The van der Waals surface area contributed by atoms with Crippen molar-refractivity contribution < 1.29 is 4.39 Å². The van der Waals surface area contributed by atoms with Gasteiger partial charge in [-0.2, -0.15) is 0 Å². The summed E-state index contributed by atoms with van der Waals surface area (Å²) in [5.41, 5.74) is 1.24. The number of aromatic nitrogens is 2. The lowest BCUT2D eigenvalue weighted by Crippen LogP contribution is -2.42. The molecular formula is C15H20FN3O.